The minimum absolute atomic E-state index is 0.148. The second kappa shape index (κ2) is 7.75. The Morgan fingerprint density at radius 3 is 2.42 bits per heavy atom. The third-order valence-electron chi connectivity index (χ3n) is 2.79. The number of carbonyl (C=O) groups excluding carboxylic acids is 2. The lowest BCUT2D eigenvalue weighted by Gasteiger charge is -2.33. The molecular formula is C14H23N5O3S2. The number of rotatable bonds is 3. The highest BCUT2D eigenvalue weighted by Gasteiger charge is 2.34. The monoisotopic (exact) mass is 373 g/mol. The van der Waals surface area contributed by atoms with Crippen LogP contribution >= 0.6 is 23.6 Å². The fourth-order valence-electron chi connectivity index (χ4n) is 1.65. The van der Waals surface area contributed by atoms with E-state index in [9.17, 15) is 9.59 Å². The van der Waals surface area contributed by atoms with Crippen molar-refractivity contribution >= 4 is 47.3 Å². The summed E-state index contributed by atoms with van der Waals surface area (Å²) in [7, 11) is 3.22. The van der Waals surface area contributed by atoms with Gasteiger partial charge in [0.05, 0.1) is 0 Å². The number of ether oxygens (including phenoxy) is 1. The molecule has 1 aromatic heterocycles. The summed E-state index contributed by atoms with van der Waals surface area (Å²) in [4.78, 5) is 30.1. The van der Waals surface area contributed by atoms with Gasteiger partial charge in [0.25, 0.3) is 0 Å². The van der Waals surface area contributed by atoms with E-state index in [4.69, 9.17) is 22.4 Å². The Balaban J connectivity index is 2.99. The molecule has 1 unspecified atom stereocenters. The van der Waals surface area contributed by atoms with E-state index in [0.717, 1.165) is 4.90 Å². The summed E-state index contributed by atoms with van der Waals surface area (Å²) in [6.07, 6.45) is -0.762. The van der Waals surface area contributed by atoms with Gasteiger partial charge >= 0.3 is 6.09 Å². The van der Waals surface area contributed by atoms with Gasteiger partial charge in [0.1, 0.15) is 17.5 Å². The molecule has 0 aliphatic heterocycles. The van der Waals surface area contributed by atoms with Gasteiger partial charge in [-0.1, -0.05) is 0 Å². The number of H-pyrrole nitrogens is 1. The topological polar surface area (TPSA) is 102 Å². The second-order valence-corrected chi connectivity index (χ2v) is 7.84. The Bertz CT molecular complexity index is 674. The molecule has 134 valence electrons. The van der Waals surface area contributed by atoms with Crippen LogP contribution in [-0.4, -0.2) is 58.5 Å². The van der Waals surface area contributed by atoms with Gasteiger partial charge < -0.3 is 19.9 Å². The van der Waals surface area contributed by atoms with E-state index in [1.54, 1.807) is 40.2 Å². The van der Waals surface area contributed by atoms with Gasteiger partial charge in [0.2, 0.25) is 11.9 Å². The summed E-state index contributed by atoms with van der Waals surface area (Å²) in [6.45, 7) is 6.69. The van der Waals surface area contributed by atoms with Crippen molar-refractivity contribution in [3.63, 3.8) is 0 Å². The van der Waals surface area contributed by atoms with E-state index >= 15 is 0 Å². The van der Waals surface area contributed by atoms with Crippen molar-refractivity contribution in [3.8, 4) is 0 Å². The summed E-state index contributed by atoms with van der Waals surface area (Å²) < 4.78 is 5.84. The number of nitrogens with zero attached hydrogens (tertiary/aromatic N) is 2. The number of nitrogens with one attached hydrogen (secondary N) is 3. The molecule has 0 spiro atoms. The van der Waals surface area contributed by atoms with Gasteiger partial charge in [-0.05, 0) is 39.9 Å². The number of aromatic amines is 1. The number of aromatic nitrogens is 1. The zero-order valence-corrected chi connectivity index (χ0v) is 16.2. The number of carbonyl (C=O) groups is 2. The second-order valence-electron chi connectivity index (χ2n) is 6.30. The molecule has 24 heavy (non-hydrogen) atoms. The highest BCUT2D eigenvalue weighted by molar-refractivity contribution is 7.73. The van der Waals surface area contributed by atoms with Crippen LogP contribution in [0, 0.1) is 9.36 Å². The van der Waals surface area contributed by atoms with Crippen LogP contribution in [0.25, 0.3) is 0 Å². The van der Waals surface area contributed by atoms with Gasteiger partial charge in [-0.2, -0.15) is 0 Å². The van der Waals surface area contributed by atoms with E-state index in [2.05, 4.69) is 10.3 Å². The molecule has 0 aromatic carbocycles. The molecule has 0 aliphatic rings. The van der Waals surface area contributed by atoms with Gasteiger partial charge in [-0.25, -0.2) is 9.69 Å². The third kappa shape index (κ3) is 5.60. The Kier molecular flexibility index (Phi) is 6.50. The van der Waals surface area contributed by atoms with Gasteiger partial charge in [-0.15, -0.1) is 11.3 Å². The summed E-state index contributed by atoms with van der Waals surface area (Å²) >= 11 is 6.25. The lowest BCUT2D eigenvalue weighted by atomic mass is 10.2. The van der Waals surface area contributed by atoms with Crippen molar-refractivity contribution in [2.45, 2.75) is 39.3 Å². The van der Waals surface area contributed by atoms with Crippen LogP contribution in [0.15, 0.2) is 5.38 Å². The molecule has 0 saturated carbocycles. The summed E-state index contributed by atoms with van der Waals surface area (Å²) in [6, 6.07) is -0.948. The van der Waals surface area contributed by atoms with Crippen LogP contribution < -0.4 is 5.32 Å². The minimum Gasteiger partial charge on any atom is -0.443 e. The maximum Gasteiger partial charge on any atom is 0.417 e. The van der Waals surface area contributed by atoms with E-state index < -0.39 is 23.6 Å². The van der Waals surface area contributed by atoms with Crippen molar-refractivity contribution in [3.05, 3.63) is 9.33 Å². The molecule has 1 aromatic rings. The fraction of sp³-hybridized carbons (Fsp3) is 0.571. The summed E-state index contributed by atoms with van der Waals surface area (Å²) in [5.41, 5.74) is -0.740. The molecule has 1 heterocycles. The summed E-state index contributed by atoms with van der Waals surface area (Å²) in [5, 5.41) is 12.4. The molecule has 0 radical (unpaired) electrons. The normalized spacial score (nSPS) is 12.2. The lowest BCUT2D eigenvalue weighted by Crippen LogP contribution is -2.54. The molecule has 2 amide bonds. The Morgan fingerprint density at radius 1 is 1.42 bits per heavy atom. The molecule has 8 nitrogen and oxygen atoms in total. The largest absolute Gasteiger partial charge is 0.443 e. The molecule has 0 bridgehead atoms. The van der Waals surface area contributed by atoms with E-state index in [1.165, 1.54) is 23.2 Å². The maximum absolute atomic E-state index is 12.4. The first-order chi connectivity index (χ1) is 10.9. The number of thiazole rings is 1. The molecule has 0 saturated heterocycles. The average Bonchev–Trinajstić information content (AvgIpc) is 2.81. The van der Waals surface area contributed by atoms with Crippen LogP contribution in [0.2, 0.25) is 0 Å². The predicted octanol–water partition coefficient (Wildman–Crippen LogP) is 2.87. The van der Waals surface area contributed by atoms with Crippen LogP contribution in [0.1, 0.15) is 27.7 Å². The van der Waals surface area contributed by atoms with Crippen molar-refractivity contribution in [2.75, 3.05) is 19.4 Å². The van der Waals surface area contributed by atoms with Crippen molar-refractivity contribution < 1.29 is 14.3 Å². The van der Waals surface area contributed by atoms with E-state index in [-0.39, 0.29) is 5.96 Å². The molecule has 0 aliphatic carbocycles. The van der Waals surface area contributed by atoms with Crippen LogP contribution in [-0.2, 0) is 9.53 Å². The van der Waals surface area contributed by atoms with Gasteiger partial charge in [0, 0.05) is 19.5 Å². The SMILES string of the molecule is CC(C(=O)Nc1csc(=S)[nH]1)N(C(=N)N(C)C)C(=O)OC(C)(C)C. The Morgan fingerprint density at radius 2 is 2.00 bits per heavy atom. The smallest absolute Gasteiger partial charge is 0.417 e. The van der Waals surface area contributed by atoms with Crippen LogP contribution in [0.3, 0.4) is 0 Å². The highest BCUT2D eigenvalue weighted by atomic mass is 32.1. The van der Waals surface area contributed by atoms with Crippen molar-refractivity contribution in [1.29, 1.82) is 5.41 Å². The number of hydrogen-bond donors (Lipinski definition) is 3. The van der Waals surface area contributed by atoms with Crippen LogP contribution in [0.5, 0.6) is 0 Å². The van der Waals surface area contributed by atoms with E-state index in [0.29, 0.717) is 9.77 Å². The lowest BCUT2D eigenvalue weighted by molar-refractivity contribution is -0.119. The average molecular weight is 374 g/mol. The molecule has 1 atom stereocenters. The maximum atomic E-state index is 12.4. The quantitative estimate of drug-likeness (QED) is 0.430. The first-order valence-electron chi connectivity index (χ1n) is 7.19. The predicted molar refractivity (Wildman–Crippen MR) is 97.1 cm³/mol. The molecule has 0 fully saturated rings. The fourth-order valence-corrected chi connectivity index (χ4v) is 2.42. The van der Waals surface area contributed by atoms with Crippen LogP contribution in [0.4, 0.5) is 10.6 Å². The number of guanidine groups is 1. The molecular weight excluding hydrogens is 350 g/mol. The third-order valence-corrected chi connectivity index (χ3v) is 3.85. The first kappa shape index (κ1) is 20.1. The number of hydrogen-bond acceptors (Lipinski definition) is 6. The standard InChI is InChI=1S/C14H23N5O3S2/c1-8(10(20)16-9-7-24-12(23)17-9)19(11(15)18(5)6)13(21)22-14(2,3)4/h7-8,15H,1-6H3,(H,16,20)(H,17,23). The Labute approximate surface area is 150 Å². The molecule has 10 heteroatoms. The molecule has 1 rings (SSSR count). The first-order valence-corrected chi connectivity index (χ1v) is 8.48. The van der Waals surface area contributed by atoms with Gasteiger partial charge in [-0.3, -0.25) is 10.2 Å². The van der Waals surface area contributed by atoms with Gasteiger partial charge in [0.15, 0.2) is 3.95 Å². The minimum atomic E-state index is -0.948. The summed E-state index contributed by atoms with van der Waals surface area (Å²) in [5.74, 6) is -0.163. The number of anilines is 1. The van der Waals surface area contributed by atoms with Crippen molar-refractivity contribution in [1.82, 2.24) is 14.8 Å². The highest BCUT2D eigenvalue weighted by Crippen LogP contribution is 2.15. The number of amides is 2. The van der Waals surface area contributed by atoms with Crippen molar-refractivity contribution in [2.24, 2.45) is 0 Å². The van der Waals surface area contributed by atoms with E-state index in [1.807, 2.05) is 0 Å². The zero-order chi connectivity index (χ0) is 18.7. The zero-order valence-electron chi connectivity index (χ0n) is 14.6. The Hall–Kier alpha value is -1.94. The molecule has 3 N–H and O–H groups in total.